The third kappa shape index (κ3) is 8.60. The Morgan fingerprint density at radius 1 is 0.904 bits per heavy atom. The van der Waals surface area contributed by atoms with Gasteiger partial charge in [-0.15, -0.1) is 0 Å². The third-order valence-electron chi connectivity index (χ3n) is 12.2. The molecule has 6 heterocycles. The molecule has 5 saturated heterocycles. The Kier molecular flexibility index (Phi) is 10.9. The number of piperazine rings is 1. The third-order valence-corrected chi connectivity index (χ3v) is 12.2. The van der Waals surface area contributed by atoms with Crippen LogP contribution in [0.3, 0.4) is 0 Å². The number of amides is 2. The molecule has 2 unspecified atom stereocenters. The quantitative estimate of drug-likeness (QED) is 0.300. The second kappa shape index (κ2) is 15.4. The molecule has 3 N–H and O–H groups in total. The molecule has 1 spiro atoms. The number of benzene rings is 1. The van der Waals surface area contributed by atoms with Crippen LogP contribution in [0.15, 0.2) is 24.5 Å². The van der Waals surface area contributed by atoms with Crippen LogP contribution in [-0.4, -0.2) is 134 Å². The van der Waals surface area contributed by atoms with Gasteiger partial charge >= 0.3 is 0 Å². The van der Waals surface area contributed by atoms with E-state index in [-0.39, 0.29) is 29.5 Å². The van der Waals surface area contributed by atoms with E-state index >= 15 is 8.78 Å². The summed E-state index contributed by atoms with van der Waals surface area (Å²) in [5.74, 6) is 1.93. The first-order valence-electron chi connectivity index (χ1n) is 19.2. The highest BCUT2D eigenvalue weighted by atomic mass is 19.1. The van der Waals surface area contributed by atoms with Gasteiger partial charge in [0, 0.05) is 83.6 Å². The molecule has 52 heavy (non-hydrogen) atoms. The number of piperidine rings is 2. The summed E-state index contributed by atoms with van der Waals surface area (Å²) in [5.41, 5.74) is 0.279. The number of aromatic nitrogens is 2. The van der Waals surface area contributed by atoms with Crippen LogP contribution in [-0.2, 0) is 16.1 Å². The summed E-state index contributed by atoms with van der Waals surface area (Å²) in [5, 5.41) is 9.40. The van der Waals surface area contributed by atoms with Crippen molar-refractivity contribution in [2.24, 2.45) is 17.3 Å². The van der Waals surface area contributed by atoms with Gasteiger partial charge in [0.25, 0.3) is 0 Å². The average Bonchev–Trinajstić information content (AvgIpc) is 3.67. The van der Waals surface area contributed by atoms with Crippen molar-refractivity contribution in [1.82, 2.24) is 35.3 Å². The molecule has 12 nitrogen and oxygen atoms in total. The van der Waals surface area contributed by atoms with E-state index in [0.717, 1.165) is 83.3 Å². The lowest BCUT2D eigenvalue weighted by Gasteiger charge is -2.48. The molecule has 5 fully saturated rings. The predicted octanol–water partition coefficient (Wildman–Crippen LogP) is 2.76. The molecule has 2 amide bonds. The van der Waals surface area contributed by atoms with Crippen molar-refractivity contribution in [3.05, 3.63) is 41.7 Å². The van der Waals surface area contributed by atoms with Crippen LogP contribution in [0.1, 0.15) is 51.5 Å². The maximum atomic E-state index is 15.6. The lowest BCUT2D eigenvalue weighted by Crippen LogP contribution is -2.66. The van der Waals surface area contributed by atoms with Crippen LogP contribution >= 0.6 is 0 Å². The lowest BCUT2D eigenvalue weighted by atomic mass is 9.82. The lowest BCUT2D eigenvalue weighted by molar-refractivity contribution is -0.123. The van der Waals surface area contributed by atoms with Crippen LogP contribution in [0.2, 0.25) is 0 Å². The highest BCUT2D eigenvalue weighted by Crippen LogP contribution is 2.35. The maximum absolute atomic E-state index is 15.6. The summed E-state index contributed by atoms with van der Waals surface area (Å²) in [6.45, 7) is 14.9. The Hall–Kier alpha value is -3.62. The van der Waals surface area contributed by atoms with E-state index < -0.39 is 17.2 Å². The first-order valence-corrected chi connectivity index (χ1v) is 19.2. The van der Waals surface area contributed by atoms with Gasteiger partial charge in [0.05, 0.1) is 24.3 Å². The molecular weight excluding hydrogens is 666 g/mol. The SMILES string of the molecule is CNC(=O)CN1CC2CN(CCCNc3cc(N4CCC5(CC4)CN(c4cc(F)c(CN6CCC(C)(C)CC6)cc4F)CC(=O)N5)ncn3)CC2C1. The number of anilines is 3. The van der Waals surface area contributed by atoms with Crippen molar-refractivity contribution in [3.8, 4) is 0 Å². The number of hydrogen-bond donors (Lipinski definition) is 3. The molecule has 2 aromatic rings. The Morgan fingerprint density at radius 3 is 2.33 bits per heavy atom. The molecule has 0 aliphatic carbocycles. The van der Waals surface area contributed by atoms with E-state index in [2.05, 4.69) is 59.4 Å². The molecule has 1 aromatic heterocycles. The molecule has 5 aliphatic rings. The van der Waals surface area contributed by atoms with Gasteiger partial charge in [-0.1, -0.05) is 13.8 Å². The summed E-state index contributed by atoms with van der Waals surface area (Å²) in [6.07, 6.45) is 6.00. The number of hydrogen-bond acceptors (Lipinski definition) is 10. The molecule has 0 saturated carbocycles. The van der Waals surface area contributed by atoms with Crippen LogP contribution in [0, 0.1) is 28.9 Å². The zero-order valence-corrected chi connectivity index (χ0v) is 31.1. The van der Waals surface area contributed by atoms with E-state index in [1.807, 2.05) is 6.07 Å². The van der Waals surface area contributed by atoms with Crippen molar-refractivity contribution in [2.75, 3.05) is 107 Å². The zero-order chi connectivity index (χ0) is 36.5. The van der Waals surface area contributed by atoms with Gasteiger partial charge in [0.2, 0.25) is 11.8 Å². The van der Waals surface area contributed by atoms with Crippen LogP contribution in [0.5, 0.6) is 0 Å². The van der Waals surface area contributed by atoms with E-state index in [1.54, 1.807) is 18.3 Å². The molecule has 5 aliphatic heterocycles. The number of rotatable bonds is 11. The number of carbonyl (C=O) groups is 2. The monoisotopic (exact) mass is 722 g/mol. The molecule has 0 radical (unpaired) electrons. The number of likely N-dealkylation sites (N-methyl/N-ethyl adjacent to an activating group) is 1. The second-order valence-corrected chi connectivity index (χ2v) is 16.7. The summed E-state index contributed by atoms with van der Waals surface area (Å²) in [4.78, 5) is 44.7. The summed E-state index contributed by atoms with van der Waals surface area (Å²) >= 11 is 0. The maximum Gasteiger partial charge on any atom is 0.240 e. The predicted molar refractivity (Wildman–Crippen MR) is 198 cm³/mol. The highest BCUT2D eigenvalue weighted by Gasteiger charge is 2.43. The molecular formula is C38H56F2N10O2. The first kappa shape index (κ1) is 36.7. The topological polar surface area (TPSA) is 112 Å². The zero-order valence-electron chi connectivity index (χ0n) is 31.1. The van der Waals surface area contributed by atoms with Gasteiger partial charge in [-0.25, -0.2) is 18.7 Å². The minimum Gasteiger partial charge on any atom is -0.370 e. The van der Waals surface area contributed by atoms with E-state index in [1.165, 1.54) is 12.1 Å². The van der Waals surface area contributed by atoms with E-state index in [0.29, 0.717) is 63.0 Å². The molecule has 14 heteroatoms. The Labute approximate surface area is 306 Å². The Balaban J connectivity index is 0.877. The van der Waals surface area contributed by atoms with Crippen LogP contribution < -0.4 is 25.8 Å². The van der Waals surface area contributed by atoms with Gasteiger partial charge in [0.15, 0.2) is 0 Å². The van der Waals surface area contributed by atoms with Gasteiger partial charge in [-0.2, -0.15) is 0 Å². The smallest absolute Gasteiger partial charge is 0.240 e. The molecule has 0 bridgehead atoms. The summed E-state index contributed by atoms with van der Waals surface area (Å²) in [6, 6.07) is 4.60. The summed E-state index contributed by atoms with van der Waals surface area (Å²) < 4.78 is 31.0. The molecule has 2 atom stereocenters. The summed E-state index contributed by atoms with van der Waals surface area (Å²) in [7, 11) is 1.69. The minimum atomic E-state index is -0.529. The first-order chi connectivity index (χ1) is 25.0. The molecule has 284 valence electrons. The molecule has 7 rings (SSSR count). The normalized spacial score (nSPS) is 25.0. The average molecular weight is 723 g/mol. The van der Waals surface area contributed by atoms with Crippen LogP contribution in [0.25, 0.3) is 0 Å². The number of halogens is 2. The standard InChI is InChI=1S/C38H56F2N10O2/c1-37(2)5-11-46(12-6-37)18-27-15-31(40)32(16-30(27)39)50-24-36(52)45-38(25-50)7-13-49(14-8-38)34-17-33(43-26-44-34)42-9-4-10-47-19-28-21-48(22-29(28)20-47)23-35(51)41-3/h15-17,26,28-29H,4-14,18-25H2,1-3H3,(H,41,51)(H,45,52)(H,42,43,44). The van der Waals surface area contributed by atoms with Crippen molar-refractivity contribution in [1.29, 1.82) is 0 Å². The number of nitrogens with one attached hydrogen (secondary N) is 3. The van der Waals surface area contributed by atoms with Gasteiger partial charge in [0.1, 0.15) is 29.6 Å². The van der Waals surface area contributed by atoms with Crippen LogP contribution in [0.4, 0.5) is 26.1 Å². The number of likely N-dealkylation sites (tertiary alicyclic amines) is 3. The van der Waals surface area contributed by atoms with E-state index in [9.17, 15) is 9.59 Å². The second-order valence-electron chi connectivity index (χ2n) is 16.7. The van der Waals surface area contributed by atoms with E-state index in [4.69, 9.17) is 0 Å². The van der Waals surface area contributed by atoms with Crippen molar-refractivity contribution < 1.29 is 18.4 Å². The largest absolute Gasteiger partial charge is 0.370 e. The number of fused-ring (bicyclic) bond motifs is 1. The fourth-order valence-corrected chi connectivity index (χ4v) is 9.00. The van der Waals surface area contributed by atoms with Crippen molar-refractivity contribution in [2.45, 2.75) is 58.0 Å². The Bertz CT molecular complexity index is 1580. The van der Waals surface area contributed by atoms with Crippen molar-refractivity contribution in [3.63, 3.8) is 0 Å². The van der Waals surface area contributed by atoms with Crippen molar-refractivity contribution >= 4 is 29.1 Å². The fourth-order valence-electron chi connectivity index (χ4n) is 9.00. The van der Waals surface area contributed by atoms with Gasteiger partial charge < -0.3 is 30.7 Å². The Morgan fingerprint density at radius 2 is 1.62 bits per heavy atom. The molecule has 1 aromatic carbocycles. The van der Waals surface area contributed by atoms with Gasteiger partial charge in [-0.3, -0.25) is 19.4 Å². The highest BCUT2D eigenvalue weighted by molar-refractivity contribution is 5.84. The number of nitrogens with zero attached hydrogens (tertiary/aromatic N) is 7. The number of carbonyl (C=O) groups excluding carboxylic acids is 2. The minimum absolute atomic E-state index is 0.0000259. The fraction of sp³-hybridized carbons (Fsp3) is 0.684. The van der Waals surface area contributed by atoms with Gasteiger partial charge in [-0.05, 0) is 75.1 Å².